The van der Waals surface area contributed by atoms with Gasteiger partial charge in [0.05, 0.1) is 11.7 Å². The average molecular weight is 258 g/mol. The first-order valence-electron chi connectivity index (χ1n) is 6.13. The second kappa shape index (κ2) is 6.25. The van der Waals surface area contributed by atoms with Crippen LogP contribution >= 0.6 is 0 Å². The van der Waals surface area contributed by atoms with Crippen molar-refractivity contribution in [1.82, 2.24) is 0 Å². The summed E-state index contributed by atoms with van der Waals surface area (Å²) in [7, 11) is 0. The molecule has 0 aromatic heterocycles. The predicted octanol–water partition coefficient (Wildman–Crippen LogP) is 3.79. The van der Waals surface area contributed by atoms with Gasteiger partial charge >= 0.3 is 0 Å². The molecule has 2 rings (SSSR count). The fourth-order valence-electron chi connectivity index (χ4n) is 1.79. The van der Waals surface area contributed by atoms with Gasteiger partial charge in [0.2, 0.25) is 0 Å². The highest BCUT2D eigenvalue weighted by Crippen LogP contribution is 2.16. The minimum atomic E-state index is -0.511. The van der Waals surface area contributed by atoms with Crippen LogP contribution in [-0.4, -0.2) is 12.4 Å². The Morgan fingerprint density at radius 1 is 1.11 bits per heavy atom. The summed E-state index contributed by atoms with van der Waals surface area (Å²) in [6, 6.07) is 15.5. The molecule has 0 aliphatic heterocycles. The number of carbonyl (C=O) groups excluding carboxylic acids is 1. The minimum absolute atomic E-state index is 0.0720. The molecule has 0 amide bonds. The quantitative estimate of drug-likeness (QED) is 0.763. The number of halogens is 1. The van der Waals surface area contributed by atoms with E-state index < -0.39 is 5.82 Å². The number of benzene rings is 2. The fraction of sp³-hybridized carbons (Fsp3) is 0.188. The molecule has 0 spiro atoms. The zero-order chi connectivity index (χ0) is 13.7. The van der Waals surface area contributed by atoms with E-state index in [9.17, 15) is 9.18 Å². The van der Waals surface area contributed by atoms with E-state index in [-0.39, 0.29) is 24.1 Å². The predicted molar refractivity (Wildman–Crippen MR) is 71.5 cm³/mol. The molecule has 98 valence electrons. The molecule has 0 radical (unpaired) electrons. The van der Waals surface area contributed by atoms with Gasteiger partial charge in [-0.15, -0.1) is 0 Å². The van der Waals surface area contributed by atoms with Crippen molar-refractivity contribution in [3.05, 3.63) is 71.5 Å². The van der Waals surface area contributed by atoms with E-state index in [2.05, 4.69) is 0 Å². The number of Topliss-reactive ketones (excluding diaryl/α,β-unsaturated/α-hetero) is 1. The van der Waals surface area contributed by atoms with E-state index in [4.69, 9.17) is 4.74 Å². The Morgan fingerprint density at radius 3 is 2.42 bits per heavy atom. The van der Waals surface area contributed by atoms with Crippen molar-refractivity contribution in [2.75, 3.05) is 6.61 Å². The largest absolute Gasteiger partial charge is 0.366 e. The molecule has 0 fully saturated rings. The van der Waals surface area contributed by atoms with Crippen molar-refractivity contribution in [2.24, 2.45) is 0 Å². The van der Waals surface area contributed by atoms with E-state index in [1.54, 1.807) is 12.1 Å². The number of hydrogen-bond donors (Lipinski definition) is 0. The van der Waals surface area contributed by atoms with Gasteiger partial charge in [0.15, 0.2) is 5.78 Å². The summed E-state index contributed by atoms with van der Waals surface area (Å²) in [5, 5.41) is 0. The van der Waals surface area contributed by atoms with Crippen LogP contribution in [-0.2, 0) is 4.74 Å². The zero-order valence-electron chi connectivity index (χ0n) is 10.7. The third-order valence-electron chi connectivity index (χ3n) is 2.91. The van der Waals surface area contributed by atoms with Gasteiger partial charge in [0.25, 0.3) is 0 Å². The Balaban J connectivity index is 1.96. The van der Waals surface area contributed by atoms with Crippen molar-refractivity contribution in [3.8, 4) is 0 Å². The Bertz CT molecular complexity index is 552. The second-order valence-electron chi connectivity index (χ2n) is 4.27. The molecule has 2 aromatic carbocycles. The molecule has 3 heteroatoms. The van der Waals surface area contributed by atoms with Crippen LogP contribution in [0.2, 0.25) is 0 Å². The van der Waals surface area contributed by atoms with E-state index in [0.29, 0.717) is 0 Å². The number of ketones is 1. The summed E-state index contributed by atoms with van der Waals surface area (Å²) in [5.41, 5.74) is 1.06. The van der Waals surface area contributed by atoms with E-state index >= 15 is 0 Å². The zero-order valence-corrected chi connectivity index (χ0v) is 10.7. The molecule has 0 saturated heterocycles. The molecule has 0 saturated carbocycles. The van der Waals surface area contributed by atoms with E-state index in [1.165, 1.54) is 12.1 Å². The van der Waals surface area contributed by atoms with Crippen LogP contribution in [0.3, 0.4) is 0 Å². The molecule has 2 nitrogen and oxygen atoms in total. The van der Waals surface area contributed by atoms with E-state index in [0.717, 1.165) is 5.56 Å². The van der Waals surface area contributed by atoms with Crippen molar-refractivity contribution in [1.29, 1.82) is 0 Å². The second-order valence-corrected chi connectivity index (χ2v) is 4.27. The first kappa shape index (κ1) is 13.4. The number of carbonyl (C=O) groups is 1. The maximum Gasteiger partial charge on any atom is 0.191 e. The smallest absolute Gasteiger partial charge is 0.191 e. The highest BCUT2D eigenvalue weighted by Gasteiger charge is 2.13. The molecular formula is C16H15FO2. The topological polar surface area (TPSA) is 26.3 Å². The van der Waals surface area contributed by atoms with Crippen LogP contribution in [0.15, 0.2) is 54.6 Å². The number of rotatable bonds is 5. The van der Waals surface area contributed by atoms with Crippen LogP contribution in [0.4, 0.5) is 4.39 Å². The Morgan fingerprint density at radius 2 is 1.74 bits per heavy atom. The summed E-state index contributed by atoms with van der Waals surface area (Å²) < 4.78 is 18.9. The molecular weight excluding hydrogens is 243 g/mol. The Kier molecular flexibility index (Phi) is 4.42. The summed E-state index contributed by atoms with van der Waals surface area (Å²) in [5.74, 6) is -0.857. The Hall–Kier alpha value is -2.00. The van der Waals surface area contributed by atoms with Crippen LogP contribution in [0.5, 0.6) is 0 Å². The van der Waals surface area contributed by atoms with Crippen LogP contribution in [0.25, 0.3) is 0 Å². The maximum absolute atomic E-state index is 13.4. The summed E-state index contributed by atoms with van der Waals surface area (Å²) in [6.45, 7) is 1.74. The van der Waals surface area contributed by atoms with Gasteiger partial charge in [-0.1, -0.05) is 42.5 Å². The molecule has 0 aliphatic rings. The highest BCUT2D eigenvalue weighted by atomic mass is 19.1. The van der Waals surface area contributed by atoms with Gasteiger partial charge in [-0.25, -0.2) is 4.39 Å². The Labute approximate surface area is 111 Å². The molecule has 1 unspecified atom stereocenters. The lowest BCUT2D eigenvalue weighted by molar-refractivity contribution is 0.0518. The highest BCUT2D eigenvalue weighted by molar-refractivity contribution is 5.97. The monoisotopic (exact) mass is 258 g/mol. The number of ether oxygens (including phenoxy) is 1. The summed E-state index contributed by atoms with van der Waals surface area (Å²) in [6.07, 6.45) is -0.197. The molecule has 2 aromatic rings. The molecule has 19 heavy (non-hydrogen) atoms. The molecule has 0 heterocycles. The van der Waals surface area contributed by atoms with Crippen LogP contribution in [0.1, 0.15) is 28.9 Å². The third-order valence-corrected chi connectivity index (χ3v) is 2.91. The van der Waals surface area contributed by atoms with Gasteiger partial charge in [0.1, 0.15) is 12.4 Å². The van der Waals surface area contributed by atoms with Crippen molar-refractivity contribution in [2.45, 2.75) is 13.0 Å². The minimum Gasteiger partial charge on any atom is -0.366 e. The van der Waals surface area contributed by atoms with Crippen LogP contribution < -0.4 is 0 Å². The van der Waals surface area contributed by atoms with Crippen molar-refractivity contribution in [3.63, 3.8) is 0 Å². The van der Waals surface area contributed by atoms with Gasteiger partial charge in [-0.3, -0.25) is 4.79 Å². The normalized spacial score (nSPS) is 12.1. The lowest BCUT2D eigenvalue weighted by Crippen LogP contribution is -2.13. The first-order valence-corrected chi connectivity index (χ1v) is 6.13. The SMILES string of the molecule is CC(OCC(=O)c1ccccc1F)c1ccccc1. The third kappa shape index (κ3) is 3.48. The molecule has 0 N–H and O–H groups in total. The lowest BCUT2D eigenvalue weighted by atomic mass is 10.1. The maximum atomic E-state index is 13.4. The standard InChI is InChI=1S/C16H15FO2/c1-12(13-7-3-2-4-8-13)19-11-16(18)14-9-5-6-10-15(14)17/h2-10,12H,11H2,1H3. The summed E-state index contributed by atoms with van der Waals surface area (Å²) in [4.78, 5) is 11.8. The number of hydrogen-bond acceptors (Lipinski definition) is 2. The fourth-order valence-corrected chi connectivity index (χ4v) is 1.79. The van der Waals surface area contributed by atoms with Crippen molar-refractivity contribution < 1.29 is 13.9 Å². The van der Waals surface area contributed by atoms with Gasteiger partial charge in [-0.05, 0) is 24.6 Å². The molecule has 0 bridgehead atoms. The van der Waals surface area contributed by atoms with Crippen LogP contribution in [0, 0.1) is 5.82 Å². The lowest BCUT2D eigenvalue weighted by Gasteiger charge is -2.12. The average Bonchev–Trinajstić information content (AvgIpc) is 2.46. The van der Waals surface area contributed by atoms with E-state index in [1.807, 2.05) is 37.3 Å². The van der Waals surface area contributed by atoms with Gasteiger partial charge < -0.3 is 4.74 Å². The summed E-state index contributed by atoms with van der Waals surface area (Å²) >= 11 is 0. The molecule has 1 atom stereocenters. The molecule has 0 aliphatic carbocycles. The first-order chi connectivity index (χ1) is 9.18. The van der Waals surface area contributed by atoms with Crippen molar-refractivity contribution >= 4 is 5.78 Å². The van der Waals surface area contributed by atoms with Gasteiger partial charge in [-0.2, -0.15) is 0 Å². The van der Waals surface area contributed by atoms with Gasteiger partial charge in [0, 0.05) is 0 Å².